The molecule has 1 aliphatic heterocycles. The number of hydrogen-bond acceptors (Lipinski definition) is 7. The predicted molar refractivity (Wildman–Crippen MR) is 106 cm³/mol. The number of hydrogen-bond donors (Lipinski definition) is 0. The van der Waals surface area contributed by atoms with Gasteiger partial charge in [-0.1, -0.05) is 0 Å². The van der Waals surface area contributed by atoms with Gasteiger partial charge in [0.05, 0.1) is 6.04 Å². The molecule has 1 aromatic carbocycles. The first-order chi connectivity index (χ1) is 14.0. The molecule has 1 aliphatic carbocycles. The van der Waals surface area contributed by atoms with Crippen molar-refractivity contribution in [2.45, 2.75) is 38.4 Å². The summed E-state index contributed by atoms with van der Waals surface area (Å²) in [5.41, 5.74) is 0.461. The van der Waals surface area contributed by atoms with Crippen LogP contribution in [0.25, 0.3) is 10.8 Å². The summed E-state index contributed by atoms with van der Waals surface area (Å²) in [6.07, 6.45) is 2.36. The molecule has 0 saturated heterocycles. The molecule has 2 aliphatic rings. The van der Waals surface area contributed by atoms with Gasteiger partial charge in [0.25, 0.3) is 5.91 Å². The molecule has 29 heavy (non-hydrogen) atoms. The van der Waals surface area contributed by atoms with Gasteiger partial charge in [0.1, 0.15) is 5.82 Å². The normalized spacial score (nSPS) is 18.6. The first kappa shape index (κ1) is 18.2. The Bertz CT molecular complexity index is 1060. The number of fused-ring (bicyclic) bond motifs is 1. The summed E-state index contributed by atoms with van der Waals surface area (Å²) in [5, 5.41) is 9.42. The number of carbonyl (C=O) groups is 1. The molecule has 2 aromatic heterocycles. The van der Waals surface area contributed by atoms with E-state index in [1.165, 1.54) is 48.6 Å². The Labute approximate surface area is 171 Å². The van der Waals surface area contributed by atoms with Crippen LogP contribution in [0.3, 0.4) is 0 Å². The van der Waals surface area contributed by atoms with Crippen LogP contribution in [-0.4, -0.2) is 54.6 Å². The molecule has 1 amide bonds. The van der Waals surface area contributed by atoms with E-state index in [0.717, 1.165) is 11.0 Å². The zero-order valence-electron chi connectivity index (χ0n) is 16.1. The average Bonchev–Trinajstić information content (AvgIpc) is 3.30. The molecule has 0 unspecified atom stereocenters. The molecular formula is C19H20FN7OS. The zero-order valence-corrected chi connectivity index (χ0v) is 16.9. The summed E-state index contributed by atoms with van der Waals surface area (Å²) in [6.45, 7) is 3.02. The second-order valence-electron chi connectivity index (χ2n) is 7.46. The molecule has 5 rings (SSSR count). The molecule has 1 fully saturated rings. The van der Waals surface area contributed by atoms with E-state index in [9.17, 15) is 9.18 Å². The second kappa shape index (κ2) is 6.87. The van der Waals surface area contributed by atoms with Crippen molar-refractivity contribution in [3.05, 3.63) is 41.5 Å². The number of carbonyl (C=O) groups excluding carboxylic acids is 1. The summed E-state index contributed by atoms with van der Waals surface area (Å²) >= 11 is 1.32. The summed E-state index contributed by atoms with van der Waals surface area (Å²) < 4.78 is 19.7. The van der Waals surface area contributed by atoms with Crippen LogP contribution in [-0.2, 0) is 6.54 Å². The van der Waals surface area contributed by atoms with Crippen LogP contribution < -0.4 is 4.90 Å². The maximum Gasteiger partial charge on any atom is 0.254 e. The lowest BCUT2D eigenvalue weighted by Crippen LogP contribution is -2.41. The fourth-order valence-corrected chi connectivity index (χ4v) is 4.35. The van der Waals surface area contributed by atoms with Crippen molar-refractivity contribution in [3.8, 4) is 10.8 Å². The lowest BCUT2D eigenvalue weighted by atomic mass is 10.1. The van der Waals surface area contributed by atoms with E-state index in [4.69, 9.17) is 0 Å². The van der Waals surface area contributed by atoms with E-state index >= 15 is 0 Å². The topological polar surface area (TPSA) is 80.0 Å². The van der Waals surface area contributed by atoms with E-state index in [2.05, 4.69) is 24.5 Å². The number of aromatic nitrogens is 5. The number of amides is 1. The average molecular weight is 413 g/mol. The van der Waals surface area contributed by atoms with Crippen molar-refractivity contribution >= 4 is 23.4 Å². The third-order valence-corrected chi connectivity index (χ3v) is 6.26. The molecule has 150 valence electrons. The highest BCUT2D eigenvalue weighted by molar-refractivity contribution is 7.09. The molecule has 1 atom stereocenters. The highest BCUT2D eigenvalue weighted by Gasteiger charge is 2.33. The zero-order chi connectivity index (χ0) is 20.1. The van der Waals surface area contributed by atoms with Crippen molar-refractivity contribution in [1.82, 2.24) is 29.0 Å². The van der Waals surface area contributed by atoms with Crippen LogP contribution in [0.2, 0.25) is 0 Å². The van der Waals surface area contributed by atoms with Crippen molar-refractivity contribution in [3.63, 3.8) is 0 Å². The van der Waals surface area contributed by atoms with E-state index in [1.54, 1.807) is 4.90 Å². The van der Waals surface area contributed by atoms with Crippen LogP contribution in [0.1, 0.15) is 42.0 Å². The molecule has 0 radical (unpaired) electrons. The Balaban J connectivity index is 1.39. The summed E-state index contributed by atoms with van der Waals surface area (Å²) in [4.78, 5) is 21.4. The van der Waals surface area contributed by atoms with Crippen LogP contribution >= 0.6 is 11.5 Å². The molecule has 3 aromatic rings. The van der Waals surface area contributed by atoms with E-state index in [0.29, 0.717) is 36.3 Å². The predicted octanol–water partition coefficient (Wildman–Crippen LogP) is 2.75. The van der Waals surface area contributed by atoms with Crippen molar-refractivity contribution in [1.29, 1.82) is 0 Å². The van der Waals surface area contributed by atoms with Gasteiger partial charge in [-0.2, -0.15) is 9.36 Å². The van der Waals surface area contributed by atoms with Gasteiger partial charge in [-0.05, 0) is 55.6 Å². The Kier molecular flexibility index (Phi) is 4.30. The smallest absolute Gasteiger partial charge is 0.254 e. The quantitative estimate of drug-likeness (QED) is 0.654. The molecule has 8 nitrogen and oxygen atoms in total. The lowest BCUT2D eigenvalue weighted by molar-refractivity contribution is 0.0638. The fraction of sp³-hybridized carbons (Fsp3) is 0.421. The number of benzene rings is 1. The standard InChI is InChI=1S/C19H20FN7OS/c1-11-15-22-23-16(17-21-19(24-29-17)25(2)14-7-8-14)27(15)10-9-26(11)18(28)12-3-5-13(20)6-4-12/h3-6,11,14H,7-10H2,1-2H3/t11-/m1/s1. The minimum absolute atomic E-state index is 0.141. The number of halogens is 1. The molecule has 3 heterocycles. The third-order valence-electron chi connectivity index (χ3n) is 5.55. The van der Waals surface area contributed by atoms with Gasteiger partial charge in [-0.15, -0.1) is 10.2 Å². The first-order valence-corrected chi connectivity index (χ1v) is 10.4. The Morgan fingerprint density at radius 1 is 1.21 bits per heavy atom. The highest BCUT2D eigenvalue weighted by atomic mass is 32.1. The maximum atomic E-state index is 13.2. The third kappa shape index (κ3) is 3.17. The summed E-state index contributed by atoms with van der Waals surface area (Å²) in [5.74, 6) is 1.63. The molecule has 0 spiro atoms. The minimum Gasteiger partial charge on any atom is -0.340 e. The Morgan fingerprint density at radius 2 is 1.97 bits per heavy atom. The van der Waals surface area contributed by atoms with Gasteiger partial charge in [0.2, 0.25) is 5.95 Å². The summed E-state index contributed by atoms with van der Waals surface area (Å²) in [6, 6.07) is 5.91. The SMILES string of the molecule is C[C@@H]1c2nnc(-c3nc(N(C)C4CC4)ns3)n2CCN1C(=O)c1ccc(F)cc1. The number of nitrogens with zero attached hydrogens (tertiary/aromatic N) is 7. The summed E-state index contributed by atoms with van der Waals surface area (Å²) in [7, 11) is 2.02. The number of rotatable bonds is 4. The molecule has 10 heteroatoms. The second-order valence-corrected chi connectivity index (χ2v) is 8.21. The lowest BCUT2D eigenvalue weighted by Gasteiger charge is -2.33. The first-order valence-electron chi connectivity index (χ1n) is 9.59. The fourth-order valence-electron chi connectivity index (χ4n) is 3.65. The van der Waals surface area contributed by atoms with Gasteiger partial charge in [0.15, 0.2) is 16.7 Å². The maximum absolute atomic E-state index is 13.2. The Hall–Kier alpha value is -2.88. The van der Waals surface area contributed by atoms with E-state index in [1.807, 2.05) is 18.5 Å². The van der Waals surface area contributed by atoms with E-state index in [-0.39, 0.29) is 17.8 Å². The van der Waals surface area contributed by atoms with Gasteiger partial charge in [0, 0.05) is 31.7 Å². The van der Waals surface area contributed by atoms with Crippen molar-refractivity contribution in [2.75, 3.05) is 18.5 Å². The van der Waals surface area contributed by atoms with Gasteiger partial charge in [-0.25, -0.2) is 4.39 Å². The highest BCUT2D eigenvalue weighted by Crippen LogP contribution is 2.33. The van der Waals surface area contributed by atoms with Crippen molar-refractivity contribution in [2.24, 2.45) is 0 Å². The molecule has 0 bridgehead atoms. The van der Waals surface area contributed by atoms with Gasteiger partial charge in [-0.3, -0.25) is 4.79 Å². The molecular weight excluding hydrogens is 393 g/mol. The van der Waals surface area contributed by atoms with Crippen LogP contribution in [0.15, 0.2) is 24.3 Å². The van der Waals surface area contributed by atoms with Crippen LogP contribution in [0, 0.1) is 5.82 Å². The minimum atomic E-state index is -0.360. The number of anilines is 1. The monoisotopic (exact) mass is 413 g/mol. The van der Waals surface area contributed by atoms with Crippen LogP contribution in [0.4, 0.5) is 10.3 Å². The van der Waals surface area contributed by atoms with E-state index < -0.39 is 0 Å². The Morgan fingerprint density at radius 3 is 2.69 bits per heavy atom. The largest absolute Gasteiger partial charge is 0.340 e. The molecule has 1 saturated carbocycles. The van der Waals surface area contributed by atoms with Gasteiger partial charge < -0.3 is 14.4 Å². The van der Waals surface area contributed by atoms with Gasteiger partial charge >= 0.3 is 0 Å². The molecule has 0 N–H and O–H groups in total. The van der Waals surface area contributed by atoms with Crippen LogP contribution in [0.5, 0.6) is 0 Å². The van der Waals surface area contributed by atoms with Crippen molar-refractivity contribution < 1.29 is 9.18 Å².